The molecular formula is C18H30MnMoO24. The number of carboxylic acid groups (broad SMARTS) is 6. The summed E-state index contributed by atoms with van der Waals surface area (Å²) in [5.74, 6) is -9.90. The molecule has 12 N–H and O–H groups in total. The molecule has 24 nitrogen and oxygen atoms in total. The Bertz CT molecular complexity index is 585. The fraction of sp³-hybridized carbons (Fsp3) is 0.667. The van der Waals surface area contributed by atoms with Gasteiger partial charge in [-0.1, -0.05) is 0 Å². The molecule has 0 bridgehead atoms. The zero-order valence-electron chi connectivity index (χ0n) is 21.8. The van der Waals surface area contributed by atoms with Crippen molar-refractivity contribution < 1.29 is 159 Å². The van der Waals surface area contributed by atoms with Crippen LogP contribution in [0.4, 0.5) is 0 Å². The zero-order chi connectivity index (χ0) is 35.2. The van der Waals surface area contributed by atoms with Crippen LogP contribution in [0.1, 0.15) is 0 Å². The molecule has 6 atom stereocenters. The van der Waals surface area contributed by atoms with Gasteiger partial charge in [-0.15, -0.1) is 0 Å². The average molecular weight is 781 g/mol. The number of carboxylic acids is 6. The average Bonchev–Trinajstić information content (AvgIpc) is 2.95. The number of aliphatic hydroxyl groups is 12. The molecule has 26 heteroatoms. The van der Waals surface area contributed by atoms with E-state index in [0.717, 1.165) is 0 Å². The number of aliphatic carboxylic acids is 6. The smallest absolute Gasteiger partial charge is 0.547 e. The summed E-state index contributed by atoms with van der Waals surface area (Å²) in [5.41, 5.74) is 0. The van der Waals surface area contributed by atoms with Gasteiger partial charge in [0.25, 0.3) is 0 Å². The van der Waals surface area contributed by atoms with E-state index in [2.05, 4.69) is 0 Å². The molecule has 0 saturated carbocycles. The predicted molar refractivity (Wildman–Crippen MR) is 109 cm³/mol. The Kier molecular flexibility index (Phi) is 55.9. The van der Waals surface area contributed by atoms with Gasteiger partial charge >= 0.3 is 38.1 Å². The summed E-state index contributed by atoms with van der Waals surface area (Å²) in [6, 6.07) is 0. The maximum atomic E-state index is 9.41. The molecule has 0 saturated heterocycles. The van der Waals surface area contributed by atoms with Crippen LogP contribution >= 0.6 is 0 Å². The van der Waals surface area contributed by atoms with Gasteiger partial charge in [0, 0.05) is 0 Å². The molecule has 44 heavy (non-hydrogen) atoms. The molecule has 0 aliphatic rings. The van der Waals surface area contributed by atoms with Crippen molar-refractivity contribution in [3.63, 3.8) is 0 Å². The van der Waals surface area contributed by atoms with E-state index in [1.54, 1.807) is 0 Å². The Morgan fingerprint density at radius 1 is 0.341 bits per heavy atom. The number of hydrogen-bond donors (Lipinski definition) is 12. The van der Waals surface area contributed by atoms with Gasteiger partial charge in [-0.3, -0.25) is 0 Å². The topological polar surface area (TPSA) is 484 Å². The van der Waals surface area contributed by atoms with Gasteiger partial charge in [0.15, 0.2) is 0 Å². The largest absolute Gasteiger partial charge is 4.00 e. The van der Waals surface area contributed by atoms with E-state index in [4.69, 9.17) is 61.3 Å². The van der Waals surface area contributed by atoms with Crippen molar-refractivity contribution in [1.82, 2.24) is 0 Å². The maximum Gasteiger partial charge on any atom is 4.00 e. The first kappa shape index (κ1) is 60.7. The Balaban J connectivity index is -0.0000000584. The van der Waals surface area contributed by atoms with Crippen LogP contribution in [0.15, 0.2) is 0 Å². The summed E-state index contributed by atoms with van der Waals surface area (Å²) in [6.45, 7) is -4.74. The quantitative estimate of drug-likeness (QED) is 0.0818. The Morgan fingerprint density at radius 2 is 0.409 bits per heavy atom. The van der Waals surface area contributed by atoms with E-state index in [9.17, 15) is 59.4 Å². The molecule has 0 aliphatic carbocycles. The third kappa shape index (κ3) is 52.2. The summed E-state index contributed by atoms with van der Waals surface area (Å²) in [7, 11) is 0. The number of aliphatic hydroxyl groups excluding tert-OH is 12. The van der Waals surface area contributed by atoms with Gasteiger partial charge in [0.2, 0.25) is 0 Å². The molecule has 1 radical (unpaired) electrons. The van der Waals surface area contributed by atoms with E-state index in [-0.39, 0.29) is 38.1 Å². The Hall–Kier alpha value is -2.45. The molecule has 259 valence electrons. The maximum absolute atomic E-state index is 9.41. The Morgan fingerprint density at radius 3 is 0.409 bits per heavy atom. The minimum absolute atomic E-state index is 0. The first-order chi connectivity index (χ1) is 19.1. The summed E-state index contributed by atoms with van der Waals surface area (Å²) >= 11 is 0. The van der Waals surface area contributed by atoms with Gasteiger partial charge < -0.3 is 121 Å². The summed E-state index contributed by atoms with van der Waals surface area (Å²) < 4.78 is 0. The molecule has 0 spiro atoms. The van der Waals surface area contributed by atoms with E-state index in [1.807, 2.05) is 0 Å². The van der Waals surface area contributed by atoms with Crippen LogP contribution in [0.25, 0.3) is 0 Å². The molecule has 0 aromatic rings. The molecular weight excluding hydrogens is 751 g/mol. The minimum atomic E-state index is -1.74. The monoisotopic (exact) mass is 783 g/mol. The third-order valence-electron chi connectivity index (χ3n) is 2.67. The summed E-state index contributed by atoms with van der Waals surface area (Å²) in [5, 5.41) is 152. The second kappa shape index (κ2) is 40.5. The molecule has 0 aromatic heterocycles. The summed E-state index contributed by atoms with van der Waals surface area (Å²) in [4.78, 5) is 56.5. The third-order valence-corrected chi connectivity index (χ3v) is 2.67. The van der Waals surface area contributed by atoms with Gasteiger partial charge in [-0.25, -0.2) is 0 Å². The molecule has 0 heterocycles. The number of carbonyl (C=O) groups is 6. The molecule has 0 aliphatic heterocycles. The van der Waals surface area contributed by atoms with Crippen molar-refractivity contribution in [3.8, 4) is 0 Å². The molecule has 0 rings (SSSR count). The van der Waals surface area contributed by atoms with Crippen LogP contribution in [0.2, 0.25) is 0 Å². The second-order valence-corrected chi connectivity index (χ2v) is 6.10. The zero-order valence-corrected chi connectivity index (χ0v) is 24.9. The predicted octanol–water partition coefficient (Wildman–Crippen LogP) is -17.5. The van der Waals surface area contributed by atoms with Crippen LogP contribution < -0.4 is 30.6 Å². The SMILES string of the molecule is O=C([O-])C(O)CO.O=C([O-])C(O)CO.O=C([O-])C(O)CO.O=C([O-])C(O)CO.O=C([O-])C(O)CO.O=C([O-])C(O)CO.[Mn+2].[Mo+4]. The van der Waals surface area contributed by atoms with Crippen LogP contribution in [0.5, 0.6) is 0 Å². The van der Waals surface area contributed by atoms with Crippen molar-refractivity contribution >= 4 is 35.8 Å². The first-order valence-corrected chi connectivity index (χ1v) is 10.1. The van der Waals surface area contributed by atoms with Crippen LogP contribution in [-0.4, -0.2) is 173 Å². The minimum Gasteiger partial charge on any atom is -0.547 e. The fourth-order valence-electron chi connectivity index (χ4n) is 0.447. The van der Waals surface area contributed by atoms with Crippen molar-refractivity contribution in [2.24, 2.45) is 0 Å². The van der Waals surface area contributed by atoms with Crippen molar-refractivity contribution in [2.45, 2.75) is 36.6 Å². The Labute approximate surface area is 270 Å². The van der Waals surface area contributed by atoms with E-state index >= 15 is 0 Å². The molecule has 0 amide bonds. The van der Waals surface area contributed by atoms with E-state index in [1.165, 1.54) is 0 Å². The van der Waals surface area contributed by atoms with Crippen molar-refractivity contribution in [3.05, 3.63) is 0 Å². The second-order valence-electron chi connectivity index (χ2n) is 6.10. The first-order valence-electron chi connectivity index (χ1n) is 10.1. The van der Waals surface area contributed by atoms with Gasteiger partial charge in [-0.2, -0.15) is 0 Å². The normalized spacial score (nSPS) is 12.8. The number of hydrogen-bond acceptors (Lipinski definition) is 24. The van der Waals surface area contributed by atoms with Crippen LogP contribution in [-0.2, 0) is 66.9 Å². The molecule has 0 fully saturated rings. The molecule has 0 aromatic carbocycles. The summed E-state index contributed by atoms with van der Waals surface area (Å²) in [6.07, 6.45) is -10.4. The number of carbonyl (C=O) groups excluding carboxylic acids is 6. The number of rotatable bonds is 12. The van der Waals surface area contributed by atoms with Gasteiger partial charge in [-0.05, 0) is 0 Å². The van der Waals surface area contributed by atoms with Gasteiger partial charge in [0.1, 0.15) is 36.6 Å². The van der Waals surface area contributed by atoms with E-state index in [0.29, 0.717) is 0 Å². The van der Waals surface area contributed by atoms with Gasteiger partial charge in [0.05, 0.1) is 75.5 Å². The molecule has 6 unspecified atom stereocenters. The standard InChI is InChI=1S/6C3H6O4.Mn.Mo/c6*4-1-2(5)3(6)7;;/h6*2,4-5H,1H2,(H,6,7);;/q;;;;;;+2;+4/p-6. The van der Waals surface area contributed by atoms with Crippen LogP contribution in [0.3, 0.4) is 0 Å². The fourth-order valence-corrected chi connectivity index (χ4v) is 0.447. The van der Waals surface area contributed by atoms with Crippen molar-refractivity contribution in [1.29, 1.82) is 0 Å². The van der Waals surface area contributed by atoms with Crippen LogP contribution in [0, 0.1) is 0 Å². The van der Waals surface area contributed by atoms with Crippen molar-refractivity contribution in [2.75, 3.05) is 39.6 Å². The van der Waals surface area contributed by atoms with E-state index < -0.39 is 112 Å².